The summed E-state index contributed by atoms with van der Waals surface area (Å²) in [6.07, 6.45) is 16.2. The highest BCUT2D eigenvalue weighted by atomic mass is 16.5. The molecule has 0 unspecified atom stereocenters. The number of ether oxygens (including phenoxy) is 2. The Morgan fingerprint density at radius 1 is 0.824 bits per heavy atom. The van der Waals surface area contributed by atoms with Crippen LogP contribution in [0.25, 0.3) is 33.6 Å². The van der Waals surface area contributed by atoms with Crippen molar-refractivity contribution in [3.8, 4) is 33.6 Å². The number of hydrogen-bond acceptors (Lipinski definition) is 6. The molecule has 0 bridgehead atoms. The molecule has 5 rings (SSSR count). The zero-order chi connectivity index (χ0) is 23.3. The average Bonchev–Trinajstić information content (AvgIpc) is 3.55. The van der Waals surface area contributed by atoms with E-state index in [1.807, 2.05) is 50.2 Å². The lowest BCUT2D eigenvalue weighted by Crippen LogP contribution is -2.25. The van der Waals surface area contributed by atoms with Crippen molar-refractivity contribution >= 4 is 0 Å². The van der Waals surface area contributed by atoms with Crippen LogP contribution in [0, 0.1) is 0 Å². The Hall–Kier alpha value is -3.36. The topological polar surface area (TPSA) is 79.9 Å². The molecule has 4 aromatic rings. The number of aryl methyl sites for hydroxylation is 1. The van der Waals surface area contributed by atoms with Crippen molar-refractivity contribution in [3.63, 3.8) is 0 Å². The van der Waals surface area contributed by atoms with Gasteiger partial charge < -0.3 is 9.47 Å². The Morgan fingerprint density at radius 2 is 1.56 bits per heavy atom. The lowest BCUT2D eigenvalue weighted by Gasteiger charge is -2.28. The van der Waals surface area contributed by atoms with Crippen molar-refractivity contribution in [1.82, 2.24) is 29.5 Å². The number of nitrogens with zero attached hydrogens (tertiary/aromatic N) is 6. The van der Waals surface area contributed by atoms with Gasteiger partial charge in [0, 0.05) is 61.2 Å². The van der Waals surface area contributed by atoms with Crippen LogP contribution in [-0.2, 0) is 16.5 Å². The second-order valence-corrected chi connectivity index (χ2v) is 8.78. The monoisotopic (exact) mass is 458 g/mol. The molecular weight excluding hydrogens is 428 g/mol. The normalized spacial score (nSPS) is 18.3. The van der Waals surface area contributed by atoms with Crippen LogP contribution in [0.5, 0.6) is 0 Å². The molecule has 0 amide bonds. The van der Waals surface area contributed by atoms with E-state index in [2.05, 4.69) is 43.2 Å². The minimum Gasteiger partial charge on any atom is -0.382 e. The van der Waals surface area contributed by atoms with Gasteiger partial charge in [-0.2, -0.15) is 10.2 Å². The summed E-state index contributed by atoms with van der Waals surface area (Å²) in [5.41, 5.74) is 5.15. The SMILES string of the molecule is COCCO[C@H]1CC[C@H](n2cc(-c3cnc(-c4cccc(-c5cnn(C)c5)c4)nc3)cn2)CC1. The first-order valence-electron chi connectivity index (χ1n) is 11.8. The fourth-order valence-corrected chi connectivity index (χ4v) is 4.50. The van der Waals surface area contributed by atoms with Gasteiger partial charge in [0.25, 0.3) is 0 Å². The summed E-state index contributed by atoms with van der Waals surface area (Å²) < 4.78 is 14.9. The first-order valence-corrected chi connectivity index (χ1v) is 11.8. The number of aromatic nitrogens is 6. The summed E-state index contributed by atoms with van der Waals surface area (Å²) in [6, 6.07) is 8.63. The van der Waals surface area contributed by atoms with E-state index in [1.165, 1.54) is 0 Å². The molecule has 3 heterocycles. The summed E-state index contributed by atoms with van der Waals surface area (Å²) in [6.45, 7) is 1.32. The van der Waals surface area contributed by atoms with E-state index < -0.39 is 0 Å². The molecule has 0 atom stereocenters. The minimum atomic E-state index is 0.332. The molecule has 1 aromatic carbocycles. The smallest absolute Gasteiger partial charge is 0.159 e. The van der Waals surface area contributed by atoms with Crippen LogP contribution in [-0.4, -0.2) is 56.0 Å². The number of benzene rings is 1. The summed E-state index contributed by atoms with van der Waals surface area (Å²) in [5, 5.41) is 8.90. The highest BCUT2D eigenvalue weighted by Gasteiger charge is 2.23. The molecule has 176 valence electrons. The van der Waals surface area contributed by atoms with Crippen LogP contribution in [0.4, 0.5) is 0 Å². The van der Waals surface area contributed by atoms with Crippen LogP contribution in [0.2, 0.25) is 0 Å². The zero-order valence-electron chi connectivity index (χ0n) is 19.7. The second kappa shape index (κ2) is 10.3. The Kier molecular flexibility index (Phi) is 6.78. The Balaban J connectivity index is 1.24. The molecule has 0 radical (unpaired) electrons. The van der Waals surface area contributed by atoms with Crippen LogP contribution < -0.4 is 0 Å². The largest absolute Gasteiger partial charge is 0.382 e. The molecule has 1 aliphatic carbocycles. The van der Waals surface area contributed by atoms with Crippen LogP contribution in [0.3, 0.4) is 0 Å². The molecule has 1 aliphatic rings. The predicted molar refractivity (Wildman–Crippen MR) is 130 cm³/mol. The summed E-state index contributed by atoms with van der Waals surface area (Å²) in [7, 11) is 3.62. The number of hydrogen-bond donors (Lipinski definition) is 0. The summed E-state index contributed by atoms with van der Waals surface area (Å²) in [5.74, 6) is 0.702. The first-order chi connectivity index (χ1) is 16.7. The standard InChI is InChI=1S/C26H30N6O2/c1-31-17-22(15-29-31)19-4-3-5-20(12-19)26-27-13-21(14-28-26)23-16-30-32(18-23)24-6-8-25(9-7-24)34-11-10-33-2/h3-5,12-18,24-25H,6-11H2,1-2H3/t24-,25-. The summed E-state index contributed by atoms with van der Waals surface area (Å²) >= 11 is 0. The van der Waals surface area contributed by atoms with Gasteiger partial charge in [-0.1, -0.05) is 18.2 Å². The molecule has 34 heavy (non-hydrogen) atoms. The van der Waals surface area contributed by atoms with Gasteiger partial charge in [-0.25, -0.2) is 9.97 Å². The van der Waals surface area contributed by atoms with Gasteiger partial charge in [-0.3, -0.25) is 9.36 Å². The number of methoxy groups -OCH3 is 1. The second-order valence-electron chi connectivity index (χ2n) is 8.78. The van der Waals surface area contributed by atoms with E-state index in [4.69, 9.17) is 9.47 Å². The lowest BCUT2D eigenvalue weighted by atomic mass is 9.93. The molecule has 0 N–H and O–H groups in total. The van der Waals surface area contributed by atoms with E-state index in [1.54, 1.807) is 11.8 Å². The van der Waals surface area contributed by atoms with Crippen LogP contribution in [0.15, 0.2) is 61.4 Å². The van der Waals surface area contributed by atoms with Gasteiger partial charge in [0.05, 0.1) is 37.8 Å². The predicted octanol–water partition coefficient (Wildman–Crippen LogP) is 4.55. The van der Waals surface area contributed by atoms with Gasteiger partial charge >= 0.3 is 0 Å². The Labute approximate surface area is 199 Å². The molecular formula is C26H30N6O2. The zero-order valence-corrected chi connectivity index (χ0v) is 19.7. The van der Waals surface area contributed by atoms with Gasteiger partial charge in [-0.15, -0.1) is 0 Å². The first kappa shape index (κ1) is 22.4. The van der Waals surface area contributed by atoms with E-state index in [0.717, 1.165) is 53.5 Å². The fraction of sp³-hybridized carbons (Fsp3) is 0.385. The molecule has 3 aromatic heterocycles. The van der Waals surface area contributed by atoms with E-state index in [9.17, 15) is 0 Å². The third kappa shape index (κ3) is 5.08. The molecule has 0 saturated heterocycles. The highest BCUT2D eigenvalue weighted by molar-refractivity contribution is 5.70. The minimum absolute atomic E-state index is 0.332. The van der Waals surface area contributed by atoms with Crippen molar-refractivity contribution in [2.75, 3.05) is 20.3 Å². The van der Waals surface area contributed by atoms with Gasteiger partial charge in [0.1, 0.15) is 0 Å². The van der Waals surface area contributed by atoms with Gasteiger partial charge in [-0.05, 0) is 37.3 Å². The molecule has 8 nitrogen and oxygen atoms in total. The third-order valence-corrected chi connectivity index (χ3v) is 6.40. The summed E-state index contributed by atoms with van der Waals surface area (Å²) in [4.78, 5) is 9.27. The van der Waals surface area contributed by atoms with Crippen LogP contribution in [0.1, 0.15) is 31.7 Å². The highest BCUT2D eigenvalue weighted by Crippen LogP contribution is 2.31. The maximum Gasteiger partial charge on any atom is 0.159 e. The van der Waals surface area contributed by atoms with Crippen molar-refractivity contribution in [2.45, 2.75) is 37.8 Å². The van der Waals surface area contributed by atoms with E-state index >= 15 is 0 Å². The quantitative estimate of drug-likeness (QED) is 0.360. The number of rotatable bonds is 8. The third-order valence-electron chi connectivity index (χ3n) is 6.40. The molecule has 8 heteroatoms. The van der Waals surface area contributed by atoms with E-state index in [-0.39, 0.29) is 0 Å². The molecule has 0 spiro atoms. The van der Waals surface area contributed by atoms with Crippen molar-refractivity contribution in [2.24, 2.45) is 7.05 Å². The Bertz CT molecular complexity index is 1210. The maximum atomic E-state index is 5.89. The molecule has 0 aliphatic heterocycles. The fourth-order valence-electron chi connectivity index (χ4n) is 4.50. The van der Waals surface area contributed by atoms with Crippen molar-refractivity contribution in [3.05, 3.63) is 61.4 Å². The Morgan fingerprint density at radius 3 is 2.29 bits per heavy atom. The molecule has 1 saturated carbocycles. The molecule has 1 fully saturated rings. The lowest BCUT2D eigenvalue weighted by molar-refractivity contribution is -0.00717. The van der Waals surface area contributed by atoms with Crippen molar-refractivity contribution in [1.29, 1.82) is 0 Å². The van der Waals surface area contributed by atoms with Crippen molar-refractivity contribution < 1.29 is 9.47 Å². The van der Waals surface area contributed by atoms with Crippen LogP contribution >= 0.6 is 0 Å². The van der Waals surface area contributed by atoms with E-state index in [0.29, 0.717) is 31.2 Å². The van der Waals surface area contributed by atoms with Gasteiger partial charge in [0.2, 0.25) is 0 Å². The van der Waals surface area contributed by atoms with Gasteiger partial charge in [0.15, 0.2) is 5.82 Å². The maximum absolute atomic E-state index is 5.89. The average molecular weight is 459 g/mol.